The van der Waals surface area contributed by atoms with Crippen molar-refractivity contribution in [1.29, 1.82) is 0 Å². The van der Waals surface area contributed by atoms with Crippen molar-refractivity contribution in [1.82, 2.24) is 5.32 Å². The Labute approximate surface area is 219 Å². The number of benzene rings is 1. The highest BCUT2D eigenvalue weighted by Crippen LogP contribution is 2.44. The summed E-state index contributed by atoms with van der Waals surface area (Å²) in [5, 5.41) is 30.1. The molecule has 0 aliphatic heterocycles. The van der Waals surface area contributed by atoms with E-state index in [1.807, 2.05) is 0 Å². The number of hydrogen-bond donors (Lipinski definition) is 4. The van der Waals surface area contributed by atoms with Crippen LogP contribution in [0.5, 0.6) is 5.75 Å². The second kappa shape index (κ2) is 10.3. The number of anilines is 1. The quantitative estimate of drug-likeness (QED) is 0.257. The fraction of sp³-hybridized carbons (Fsp3) is 0.667. The molecule has 2 rings (SSSR count). The van der Waals surface area contributed by atoms with E-state index in [4.69, 9.17) is 4.84 Å². The third-order valence-corrected chi connectivity index (χ3v) is 6.73. The Morgan fingerprint density at radius 2 is 1.56 bits per heavy atom. The molecule has 1 aliphatic carbocycles. The molecule has 6 nitrogen and oxygen atoms in total. The van der Waals surface area contributed by atoms with Crippen molar-refractivity contribution in [3.8, 4) is 5.75 Å². The first kappa shape index (κ1) is 30.0. The van der Waals surface area contributed by atoms with Crippen LogP contribution >= 0.6 is 0 Å². The van der Waals surface area contributed by atoms with Gasteiger partial charge in [-0.1, -0.05) is 69.2 Å². The molecular weight excluding hydrogens is 450 g/mol. The van der Waals surface area contributed by atoms with Gasteiger partial charge in [0, 0.05) is 28.4 Å². The minimum absolute atomic E-state index is 0.0391. The van der Waals surface area contributed by atoms with Crippen LogP contribution in [0, 0.1) is 22.0 Å². The predicted molar refractivity (Wildman–Crippen MR) is 151 cm³/mol. The lowest BCUT2D eigenvalue weighted by atomic mass is 9.70. The van der Waals surface area contributed by atoms with E-state index in [9.17, 15) is 10.3 Å². The van der Waals surface area contributed by atoms with Crippen LogP contribution < -0.4 is 20.7 Å². The van der Waals surface area contributed by atoms with Crippen molar-refractivity contribution in [2.45, 2.75) is 107 Å². The number of hydrogen-bond acceptors (Lipinski definition) is 5. The first-order valence-electron chi connectivity index (χ1n) is 13.2. The van der Waals surface area contributed by atoms with E-state index in [-0.39, 0.29) is 27.4 Å². The Morgan fingerprint density at radius 3 is 2.00 bits per heavy atom. The molecule has 0 heterocycles. The van der Waals surface area contributed by atoms with Crippen molar-refractivity contribution in [2.24, 2.45) is 16.7 Å². The van der Waals surface area contributed by atoms with E-state index in [0.29, 0.717) is 11.5 Å². The zero-order valence-electron chi connectivity index (χ0n) is 25.0. The largest absolute Gasteiger partial charge is 0.591 e. The van der Waals surface area contributed by atoms with Gasteiger partial charge in [-0.2, -0.15) is 5.23 Å². The van der Waals surface area contributed by atoms with Crippen LogP contribution in [-0.4, -0.2) is 17.8 Å². The van der Waals surface area contributed by atoms with Crippen molar-refractivity contribution in [2.75, 3.05) is 12.4 Å². The minimum Gasteiger partial charge on any atom is -0.591 e. The van der Waals surface area contributed by atoms with Gasteiger partial charge >= 0.3 is 0 Å². The maximum Gasteiger partial charge on any atom is 0.197 e. The molecule has 1 aliphatic rings. The fourth-order valence-electron chi connectivity index (χ4n) is 4.85. The van der Waals surface area contributed by atoms with Crippen LogP contribution in [0.15, 0.2) is 35.2 Å². The van der Waals surface area contributed by atoms with Crippen LogP contribution in [-0.2, 0) is 11.8 Å². The molecule has 0 radical (unpaired) electrons. The summed E-state index contributed by atoms with van der Waals surface area (Å²) in [6.07, 6.45) is 3.63. The highest BCUT2D eigenvalue weighted by molar-refractivity contribution is 5.58. The molecule has 0 saturated heterocycles. The molecule has 0 spiro atoms. The molecule has 36 heavy (non-hydrogen) atoms. The molecule has 0 amide bonds. The summed E-state index contributed by atoms with van der Waals surface area (Å²) < 4.78 is 0. The van der Waals surface area contributed by atoms with E-state index in [2.05, 4.69) is 112 Å². The van der Waals surface area contributed by atoms with Gasteiger partial charge in [0.2, 0.25) is 0 Å². The number of rotatable bonds is 7. The molecule has 2 atom stereocenters. The second-order valence-corrected chi connectivity index (χ2v) is 13.9. The summed E-state index contributed by atoms with van der Waals surface area (Å²) in [5.74, 6) is 1.22. The molecule has 0 saturated carbocycles. The van der Waals surface area contributed by atoms with Crippen molar-refractivity contribution < 1.29 is 15.2 Å². The van der Waals surface area contributed by atoms with Crippen molar-refractivity contribution >= 4 is 5.69 Å². The molecule has 2 unspecified atom stereocenters. The van der Waals surface area contributed by atoms with Crippen molar-refractivity contribution in [3.63, 3.8) is 0 Å². The van der Waals surface area contributed by atoms with E-state index in [1.54, 1.807) is 0 Å². The Kier molecular flexibility index (Phi) is 8.59. The molecule has 0 aromatic heterocycles. The van der Waals surface area contributed by atoms with Crippen LogP contribution in [0.25, 0.3) is 0 Å². The average Bonchev–Trinajstić information content (AvgIpc) is 2.66. The Morgan fingerprint density at radius 1 is 0.972 bits per heavy atom. The minimum atomic E-state index is -0.465. The summed E-state index contributed by atoms with van der Waals surface area (Å²) >= 11 is 0. The van der Waals surface area contributed by atoms with Gasteiger partial charge in [0.15, 0.2) is 5.75 Å². The number of aliphatic hydroxyl groups excluding tert-OH is 1. The Balaban J connectivity index is 2.46. The molecular formula is C30H51N3O3. The molecule has 4 N–H and O–H groups in total. The number of aryl methyl sites for hydroxylation is 1. The zero-order chi connectivity index (χ0) is 27.9. The van der Waals surface area contributed by atoms with Gasteiger partial charge in [-0.15, -0.1) is 0 Å². The number of allylic oxidation sites excluding steroid dienone is 4. The van der Waals surface area contributed by atoms with E-state index >= 15 is 0 Å². The van der Waals surface area contributed by atoms with Gasteiger partial charge in [-0.25, -0.2) is 0 Å². The SMILES string of the molecule is CCc1cc(NC(C)(C)NC2=CC(C(C)(C)C)=C(O)C(C(C)(C)C)C2)cc(C(C)(C)C)c1O[NH+](C)[O-]. The number of nitrogens with one attached hydrogen (secondary N) is 3. The first-order chi connectivity index (χ1) is 16.2. The van der Waals surface area contributed by atoms with E-state index < -0.39 is 5.66 Å². The van der Waals surface area contributed by atoms with Crippen LogP contribution in [0.3, 0.4) is 0 Å². The Hall–Kier alpha value is -2.18. The summed E-state index contributed by atoms with van der Waals surface area (Å²) in [7, 11) is 1.45. The summed E-state index contributed by atoms with van der Waals surface area (Å²) in [4.78, 5) is 5.68. The van der Waals surface area contributed by atoms with Crippen LogP contribution in [0.4, 0.5) is 5.69 Å². The lowest BCUT2D eigenvalue weighted by molar-refractivity contribution is -1.00. The van der Waals surface area contributed by atoms with Gasteiger partial charge in [0.25, 0.3) is 0 Å². The average molecular weight is 502 g/mol. The molecule has 1 aromatic carbocycles. The third kappa shape index (κ3) is 7.42. The summed E-state index contributed by atoms with van der Waals surface area (Å²) in [6, 6.07) is 4.18. The first-order valence-corrected chi connectivity index (χ1v) is 13.2. The van der Waals surface area contributed by atoms with Gasteiger partial charge < -0.3 is 25.8 Å². The summed E-state index contributed by atoms with van der Waals surface area (Å²) in [5.41, 5.74) is 4.19. The highest BCUT2D eigenvalue weighted by atomic mass is 16.9. The predicted octanol–water partition coefficient (Wildman–Crippen LogP) is 6.40. The van der Waals surface area contributed by atoms with E-state index in [1.165, 1.54) is 7.05 Å². The van der Waals surface area contributed by atoms with E-state index in [0.717, 1.165) is 40.9 Å². The monoisotopic (exact) mass is 501 g/mol. The maximum atomic E-state index is 11.8. The van der Waals surface area contributed by atoms with Gasteiger partial charge in [-0.05, 0) is 66.7 Å². The molecule has 0 bridgehead atoms. The summed E-state index contributed by atoms with van der Waals surface area (Å²) in [6.45, 7) is 25.7. The Bertz CT molecular complexity index is 1000. The third-order valence-electron chi connectivity index (χ3n) is 6.73. The number of hydroxylamine groups is 2. The molecule has 0 fully saturated rings. The topological polar surface area (TPSA) is 81.0 Å². The standard InChI is InChI=1S/C30H51N3O3/c1-14-19-15-20(18-24(29(8,9)10)26(19)36-33(13)35)31-30(11,12)32-21-16-22(27(2,3)4)25(34)23(17-21)28(5,6)7/h15-16,18,23,31-34H,14,17H2,1-13H3. The second-order valence-electron chi connectivity index (χ2n) is 13.9. The van der Waals surface area contributed by atoms with Gasteiger partial charge in [0.05, 0.1) is 5.76 Å². The molecule has 6 heteroatoms. The lowest BCUT2D eigenvalue weighted by Crippen LogP contribution is -3.06. The number of aliphatic hydroxyl groups is 1. The van der Waals surface area contributed by atoms with Crippen LogP contribution in [0.1, 0.15) is 101 Å². The lowest BCUT2D eigenvalue weighted by Gasteiger charge is -2.40. The smallest absolute Gasteiger partial charge is 0.197 e. The maximum absolute atomic E-state index is 11.8. The van der Waals surface area contributed by atoms with Crippen LogP contribution in [0.2, 0.25) is 0 Å². The highest BCUT2D eigenvalue weighted by Gasteiger charge is 2.37. The van der Waals surface area contributed by atoms with Gasteiger partial charge in [-0.3, -0.25) is 0 Å². The molecule has 204 valence electrons. The zero-order valence-corrected chi connectivity index (χ0v) is 25.0. The van der Waals surface area contributed by atoms with Crippen molar-refractivity contribution in [3.05, 3.63) is 51.6 Å². The molecule has 1 aromatic rings. The fourth-order valence-corrected chi connectivity index (χ4v) is 4.85. The van der Waals surface area contributed by atoms with Gasteiger partial charge in [0.1, 0.15) is 12.7 Å². The normalized spacial score (nSPS) is 18.6. The number of quaternary nitrogens is 1.